The van der Waals surface area contributed by atoms with Gasteiger partial charge in [-0.15, -0.1) is 0 Å². The molecule has 1 N–H and O–H groups in total. The number of fused-ring (bicyclic) bond motifs is 1. The van der Waals surface area contributed by atoms with Crippen LogP contribution in [0.4, 0.5) is 0 Å². The second kappa shape index (κ2) is 2.20. The van der Waals surface area contributed by atoms with Crippen LogP contribution in [0, 0.1) is 0 Å². The van der Waals surface area contributed by atoms with Crippen LogP contribution in [-0.2, 0) is 0 Å². The molecule has 1 unspecified atom stereocenters. The molecule has 0 amide bonds. The van der Waals surface area contributed by atoms with E-state index in [1.54, 1.807) is 6.20 Å². The van der Waals surface area contributed by atoms with Gasteiger partial charge < -0.3 is 0 Å². The van der Waals surface area contributed by atoms with Crippen LogP contribution in [0.15, 0.2) is 28.4 Å². The number of hydroxylamine groups is 2. The van der Waals surface area contributed by atoms with E-state index in [1.807, 2.05) is 13.1 Å². The summed E-state index contributed by atoms with van der Waals surface area (Å²) < 4.78 is 0. The van der Waals surface area contributed by atoms with Crippen LogP contribution in [0.2, 0.25) is 0 Å². The molecule has 2 aliphatic rings. The van der Waals surface area contributed by atoms with Gasteiger partial charge in [0.15, 0.2) is 6.17 Å². The lowest BCUT2D eigenvalue weighted by Crippen LogP contribution is -2.27. The first kappa shape index (κ1) is 6.61. The summed E-state index contributed by atoms with van der Waals surface area (Å²) in [6.07, 6.45) is 6.33. The summed E-state index contributed by atoms with van der Waals surface area (Å²) in [6, 6.07) is 0. The van der Waals surface area contributed by atoms with Crippen molar-refractivity contribution in [2.24, 2.45) is 4.99 Å². The van der Waals surface area contributed by atoms with Crippen molar-refractivity contribution in [3.63, 3.8) is 0 Å². The predicted octanol–water partition coefficient (Wildman–Crippen LogP) is 1.32. The summed E-state index contributed by atoms with van der Waals surface area (Å²) in [5.41, 5.74) is 2.25. The van der Waals surface area contributed by atoms with E-state index in [9.17, 15) is 5.21 Å². The normalized spacial score (nSPS) is 28.2. The van der Waals surface area contributed by atoms with E-state index >= 15 is 0 Å². The van der Waals surface area contributed by atoms with E-state index in [4.69, 9.17) is 0 Å². The van der Waals surface area contributed by atoms with Crippen LogP contribution < -0.4 is 0 Å². The number of hydrogen-bond donors (Lipinski definition) is 1. The summed E-state index contributed by atoms with van der Waals surface area (Å²) in [4.78, 5) is 4.11. The van der Waals surface area contributed by atoms with E-state index in [-0.39, 0.29) is 6.17 Å². The second-order valence-electron chi connectivity index (χ2n) is 2.88. The molecule has 0 aromatic rings. The van der Waals surface area contributed by atoms with Gasteiger partial charge in [-0.3, -0.25) is 10.2 Å². The van der Waals surface area contributed by atoms with Gasteiger partial charge in [0.1, 0.15) is 0 Å². The first-order valence-electron chi connectivity index (χ1n) is 3.65. The summed E-state index contributed by atoms with van der Waals surface area (Å²) in [7, 11) is 0. The zero-order valence-corrected chi connectivity index (χ0v) is 6.36. The highest BCUT2D eigenvalue weighted by molar-refractivity contribution is 5.67. The smallest absolute Gasteiger partial charge is 0.166 e. The standard InChI is InChI=1S/C8H10N2O/c1-6-4-7-2-3-9-8(7)10(11)5-6/h3-5,8,11H,2H2,1H3. The summed E-state index contributed by atoms with van der Waals surface area (Å²) in [6.45, 7) is 1.96. The van der Waals surface area contributed by atoms with Gasteiger partial charge in [0, 0.05) is 18.8 Å². The maximum atomic E-state index is 9.35. The average molecular weight is 150 g/mol. The first-order valence-corrected chi connectivity index (χ1v) is 3.65. The van der Waals surface area contributed by atoms with Crippen molar-refractivity contribution < 1.29 is 5.21 Å². The van der Waals surface area contributed by atoms with Crippen LogP contribution in [0.1, 0.15) is 13.3 Å². The molecule has 0 radical (unpaired) electrons. The molecule has 0 fully saturated rings. The van der Waals surface area contributed by atoms with Crippen LogP contribution in [0.3, 0.4) is 0 Å². The Bertz CT molecular complexity index is 265. The highest BCUT2D eigenvalue weighted by Gasteiger charge is 2.23. The Morgan fingerprint density at radius 3 is 3.36 bits per heavy atom. The van der Waals surface area contributed by atoms with E-state index in [0.717, 1.165) is 17.1 Å². The van der Waals surface area contributed by atoms with E-state index < -0.39 is 0 Å². The van der Waals surface area contributed by atoms with Crippen LogP contribution in [0.25, 0.3) is 0 Å². The maximum Gasteiger partial charge on any atom is 0.166 e. The third kappa shape index (κ3) is 0.973. The van der Waals surface area contributed by atoms with Crippen molar-refractivity contribution in [3.8, 4) is 0 Å². The lowest BCUT2D eigenvalue weighted by atomic mass is 10.1. The number of nitrogens with zero attached hydrogens (tertiary/aromatic N) is 2. The van der Waals surface area contributed by atoms with Gasteiger partial charge in [0.2, 0.25) is 0 Å². The zero-order chi connectivity index (χ0) is 7.84. The fourth-order valence-corrected chi connectivity index (χ4v) is 1.44. The Labute approximate surface area is 65.3 Å². The molecule has 58 valence electrons. The molecule has 0 saturated heterocycles. The van der Waals surface area contributed by atoms with Crippen molar-refractivity contribution in [1.29, 1.82) is 0 Å². The Balaban J connectivity index is 2.34. The molecule has 0 bridgehead atoms. The number of allylic oxidation sites excluding steroid dienone is 2. The van der Waals surface area contributed by atoms with Crippen molar-refractivity contribution in [1.82, 2.24) is 5.06 Å². The zero-order valence-electron chi connectivity index (χ0n) is 6.36. The van der Waals surface area contributed by atoms with E-state index in [0.29, 0.717) is 0 Å². The highest BCUT2D eigenvalue weighted by Crippen LogP contribution is 2.25. The average Bonchev–Trinajstić information content (AvgIpc) is 2.34. The van der Waals surface area contributed by atoms with Crippen molar-refractivity contribution in [2.45, 2.75) is 19.5 Å². The molecule has 0 aromatic heterocycles. The molecule has 0 spiro atoms. The number of hydrogen-bond acceptors (Lipinski definition) is 3. The largest absolute Gasteiger partial charge is 0.287 e. The van der Waals surface area contributed by atoms with Crippen LogP contribution in [0.5, 0.6) is 0 Å². The van der Waals surface area contributed by atoms with Crippen molar-refractivity contribution in [2.75, 3.05) is 0 Å². The maximum absolute atomic E-state index is 9.35. The fraction of sp³-hybridized carbons (Fsp3) is 0.375. The predicted molar refractivity (Wildman–Crippen MR) is 42.4 cm³/mol. The third-order valence-corrected chi connectivity index (χ3v) is 1.90. The Kier molecular flexibility index (Phi) is 1.32. The molecule has 3 heteroatoms. The number of aliphatic imine (C=N–C) groups is 1. The summed E-state index contributed by atoms with van der Waals surface area (Å²) in [5.74, 6) is 0. The quantitative estimate of drug-likeness (QED) is 0.565. The molecule has 1 atom stereocenters. The molecule has 11 heavy (non-hydrogen) atoms. The molecule has 2 aliphatic heterocycles. The summed E-state index contributed by atoms with van der Waals surface area (Å²) >= 11 is 0. The topological polar surface area (TPSA) is 35.8 Å². The summed E-state index contributed by atoms with van der Waals surface area (Å²) in [5, 5.41) is 10.5. The second-order valence-corrected chi connectivity index (χ2v) is 2.88. The third-order valence-electron chi connectivity index (χ3n) is 1.90. The minimum Gasteiger partial charge on any atom is -0.287 e. The molecular weight excluding hydrogens is 140 g/mol. The molecular formula is C8H10N2O. The van der Waals surface area contributed by atoms with Gasteiger partial charge in [0.25, 0.3) is 0 Å². The molecule has 0 aliphatic carbocycles. The Morgan fingerprint density at radius 2 is 2.55 bits per heavy atom. The van der Waals surface area contributed by atoms with Crippen molar-refractivity contribution >= 4 is 6.21 Å². The molecule has 0 saturated carbocycles. The SMILES string of the molecule is CC1=CN(O)C2N=CCC2=C1. The number of rotatable bonds is 0. The lowest BCUT2D eigenvalue weighted by Gasteiger charge is -2.23. The minimum absolute atomic E-state index is 0.140. The molecule has 2 heterocycles. The lowest BCUT2D eigenvalue weighted by molar-refractivity contribution is -0.0660. The van der Waals surface area contributed by atoms with Gasteiger partial charge in [-0.2, -0.15) is 0 Å². The highest BCUT2D eigenvalue weighted by atomic mass is 16.5. The first-order chi connectivity index (χ1) is 5.27. The van der Waals surface area contributed by atoms with E-state index in [1.165, 1.54) is 5.57 Å². The van der Waals surface area contributed by atoms with E-state index in [2.05, 4.69) is 11.1 Å². The van der Waals surface area contributed by atoms with Gasteiger partial charge in [-0.25, -0.2) is 5.06 Å². The van der Waals surface area contributed by atoms with Gasteiger partial charge in [-0.1, -0.05) is 6.08 Å². The molecule has 0 aromatic carbocycles. The van der Waals surface area contributed by atoms with Crippen molar-refractivity contribution in [3.05, 3.63) is 23.4 Å². The molecule has 2 rings (SSSR count). The molecule has 3 nitrogen and oxygen atoms in total. The van der Waals surface area contributed by atoms with Crippen LogP contribution in [-0.4, -0.2) is 22.7 Å². The Hall–Kier alpha value is -1.09. The fourth-order valence-electron chi connectivity index (χ4n) is 1.44. The van der Waals surface area contributed by atoms with Gasteiger partial charge >= 0.3 is 0 Å². The monoisotopic (exact) mass is 150 g/mol. The van der Waals surface area contributed by atoms with Gasteiger partial charge in [0.05, 0.1) is 0 Å². The van der Waals surface area contributed by atoms with Crippen LogP contribution >= 0.6 is 0 Å². The minimum atomic E-state index is -0.140. The van der Waals surface area contributed by atoms with Gasteiger partial charge in [-0.05, 0) is 18.1 Å². The Morgan fingerprint density at radius 1 is 1.73 bits per heavy atom.